The number of rotatable bonds is 8. The Bertz CT molecular complexity index is 1110. The van der Waals surface area contributed by atoms with Gasteiger partial charge in [-0.05, 0) is 43.2 Å². The van der Waals surface area contributed by atoms with E-state index in [1.807, 2.05) is 50.4 Å². The molecule has 30 heavy (non-hydrogen) atoms. The molecule has 0 aliphatic rings. The van der Waals surface area contributed by atoms with E-state index in [0.717, 1.165) is 24.9 Å². The summed E-state index contributed by atoms with van der Waals surface area (Å²) in [6.45, 7) is 4.78. The number of para-hydroxylation sites is 1. The molecule has 1 aromatic heterocycles. The van der Waals surface area contributed by atoms with Crippen molar-refractivity contribution in [1.29, 1.82) is 0 Å². The Kier molecular flexibility index (Phi) is 7.15. The Morgan fingerprint density at radius 3 is 2.73 bits per heavy atom. The van der Waals surface area contributed by atoms with Gasteiger partial charge in [-0.1, -0.05) is 43.3 Å². The Labute approximate surface area is 180 Å². The third-order valence-corrected chi connectivity index (χ3v) is 5.84. The zero-order valence-electron chi connectivity index (χ0n) is 17.8. The summed E-state index contributed by atoms with van der Waals surface area (Å²) < 4.78 is 7.07. The quantitative estimate of drug-likeness (QED) is 0.402. The molecule has 0 fully saturated rings. The summed E-state index contributed by atoms with van der Waals surface area (Å²) >= 11 is 1.27. The highest BCUT2D eigenvalue weighted by Gasteiger charge is 2.18. The molecule has 3 aromatic rings. The summed E-state index contributed by atoms with van der Waals surface area (Å²) in [4.78, 5) is 32.4. The number of hydrogen-bond acceptors (Lipinski definition) is 5. The first-order valence-corrected chi connectivity index (χ1v) is 11.0. The normalized spacial score (nSPS) is 10.9. The molecule has 0 unspecified atom stereocenters. The van der Waals surface area contributed by atoms with Crippen LogP contribution in [0.3, 0.4) is 0 Å². The Hall–Kier alpha value is -2.80. The summed E-state index contributed by atoms with van der Waals surface area (Å²) in [6.07, 6.45) is 2.00. The molecule has 0 saturated heterocycles. The van der Waals surface area contributed by atoms with Gasteiger partial charge in [-0.15, -0.1) is 0 Å². The second-order valence-electron chi connectivity index (χ2n) is 7.18. The van der Waals surface area contributed by atoms with Gasteiger partial charge in [-0.25, -0.2) is 4.98 Å². The summed E-state index contributed by atoms with van der Waals surface area (Å²) in [6, 6.07) is 12.9. The maximum atomic E-state index is 13.4. The molecule has 3 rings (SSSR count). The number of amides is 1. The first kappa shape index (κ1) is 21.9. The van der Waals surface area contributed by atoms with Gasteiger partial charge in [-0.3, -0.25) is 14.2 Å². The van der Waals surface area contributed by atoms with Crippen molar-refractivity contribution < 1.29 is 9.53 Å². The number of hydrogen-bond donors (Lipinski definition) is 0. The van der Waals surface area contributed by atoms with Crippen molar-refractivity contribution in [3.05, 3.63) is 58.4 Å². The van der Waals surface area contributed by atoms with E-state index in [1.54, 1.807) is 22.6 Å². The highest BCUT2D eigenvalue weighted by molar-refractivity contribution is 7.99. The van der Waals surface area contributed by atoms with Crippen molar-refractivity contribution in [3.63, 3.8) is 0 Å². The topological polar surface area (TPSA) is 64.4 Å². The third kappa shape index (κ3) is 4.67. The number of aromatic nitrogens is 2. The molecule has 0 saturated carbocycles. The molecule has 1 amide bonds. The lowest BCUT2D eigenvalue weighted by molar-refractivity contribution is -0.127. The van der Waals surface area contributed by atoms with Gasteiger partial charge in [0, 0.05) is 13.6 Å². The van der Waals surface area contributed by atoms with Crippen LogP contribution in [0.25, 0.3) is 16.6 Å². The van der Waals surface area contributed by atoms with Gasteiger partial charge in [0.2, 0.25) is 5.91 Å². The predicted octanol–water partition coefficient (Wildman–Crippen LogP) is 4.05. The van der Waals surface area contributed by atoms with Crippen molar-refractivity contribution in [2.24, 2.45) is 0 Å². The van der Waals surface area contributed by atoms with Crippen LogP contribution in [0.1, 0.15) is 25.3 Å². The molecule has 0 aliphatic carbocycles. The van der Waals surface area contributed by atoms with Gasteiger partial charge in [0.15, 0.2) is 5.16 Å². The van der Waals surface area contributed by atoms with Crippen molar-refractivity contribution in [2.75, 3.05) is 26.5 Å². The van der Waals surface area contributed by atoms with Crippen LogP contribution in [0.2, 0.25) is 0 Å². The number of benzene rings is 2. The zero-order chi connectivity index (χ0) is 21.7. The number of methoxy groups -OCH3 is 1. The lowest BCUT2D eigenvalue weighted by Crippen LogP contribution is -2.30. The molecule has 0 aliphatic heterocycles. The third-order valence-electron chi connectivity index (χ3n) is 4.92. The van der Waals surface area contributed by atoms with Gasteiger partial charge >= 0.3 is 0 Å². The molecule has 158 valence electrons. The molecule has 1 heterocycles. The minimum Gasteiger partial charge on any atom is -0.495 e. The molecule has 0 atom stereocenters. The van der Waals surface area contributed by atoms with Crippen LogP contribution in [0.15, 0.2) is 52.4 Å². The van der Waals surface area contributed by atoms with E-state index in [-0.39, 0.29) is 17.2 Å². The second kappa shape index (κ2) is 9.80. The van der Waals surface area contributed by atoms with E-state index < -0.39 is 0 Å². The molecular formula is C23H27N3O3S. The van der Waals surface area contributed by atoms with Crippen molar-refractivity contribution in [3.8, 4) is 11.4 Å². The fraction of sp³-hybridized carbons (Fsp3) is 0.348. The maximum absolute atomic E-state index is 13.4. The smallest absolute Gasteiger partial charge is 0.266 e. The summed E-state index contributed by atoms with van der Waals surface area (Å²) in [5.41, 5.74) is 2.05. The van der Waals surface area contributed by atoms with Crippen molar-refractivity contribution in [1.82, 2.24) is 14.5 Å². The monoisotopic (exact) mass is 425 g/mol. The van der Waals surface area contributed by atoms with E-state index in [2.05, 4.69) is 6.92 Å². The fourth-order valence-corrected chi connectivity index (χ4v) is 4.10. The number of fused-ring (bicyclic) bond motifs is 1. The molecule has 0 radical (unpaired) electrons. The van der Waals surface area contributed by atoms with Crippen LogP contribution in [0.5, 0.6) is 5.75 Å². The van der Waals surface area contributed by atoms with Gasteiger partial charge < -0.3 is 9.64 Å². The first-order valence-electron chi connectivity index (χ1n) is 9.99. The number of thioether (sulfide) groups is 1. The number of carbonyl (C=O) groups is 1. The van der Waals surface area contributed by atoms with Gasteiger partial charge in [-0.2, -0.15) is 0 Å². The van der Waals surface area contributed by atoms with E-state index >= 15 is 0 Å². The SMILES string of the molecule is CCCCN(C)C(=O)CSc1nc2ccccc2c(=O)n1-c1cc(C)ccc1OC. The Morgan fingerprint density at radius 1 is 1.23 bits per heavy atom. The number of carbonyl (C=O) groups excluding carboxylic acids is 1. The minimum absolute atomic E-state index is 0.0126. The van der Waals surface area contributed by atoms with Crippen LogP contribution < -0.4 is 10.3 Å². The number of aryl methyl sites for hydroxylation is 1. The van der Waals surface area contributed by atoms with Crippen LogP contribution in [0, 0.1) is 6.92 Å². The van der Waals surface area contributed by atoms with Gasteiger partial charge in [0.1, 0.15) is 5.75 Å². The number of ether oxygens (including phenoxy) is 1. The van der Waals surface area contributed by atoms with Gasteiger partial charge in [0.25, 0.3) is 5.56 Å². The summed E-state index contributed by atoms with van der Waals surface area (Å²) in [5.74, 6) is 0.797. The maximum Gasteiger partial charge on any atom is 0.266 e. The zero-order valence-corrected chi connectivity index (χ0v) is 18.7. The standard InChI is InChI=1S/C23H27N3O3S/c1-5-6-13-25(3)21(27)15-30-23-24-18-10-8-7-9-17(18)22(28)26(23)19-14-16(2)11-12-20(19)29-4/h7-12,14H,5-6,13,15H2,1-4H3. The average Bonchev–Trinajstić information content (AvgIpc) is 2.75. The summed E-state index contributed by atoms with van der Waals surface area (Å²) in [7, 11) is 3.38. The summed E-state index contributed by atoms with van der Waals surface area (Å²) in [5, 5.41) is 0.997. The van der Waals surface area contributed by atoms with Crippen molar-refractivity contribution >= 4 is 28.6 Å². The molecule has 0 bridgehead atoms. The molecule has 2 aromatic carbocycles. The van der Waals surface area contributed by atoms with Crippen LogP contribution >= 0.6 is 11.8 Å². The van der Waals surface area contributed by atoms with Crippen molar-refractivity contribution in [2.45, 2.75) is 31.8 Å². The second-order valence-corrected chi connectivity index (χ2v) is 8.13. The predicted molar refractivity (Wildman–Crippen MR) is 122 cm³/mol. The fourth-order valence-electron chi connectivity index (χ4n) is 3.15. The largest absolute Gasteiger partial charge is 0.495 e. The average molecular weight is 426 g/mol. The lowest BCUT2D eigenvalue weighted by Gasteiger charge is -2.18. The molecule has 7 heteroatoms. The van der Waals surface area contributed by atoms with E-state index in [1.165, 1.54) is 11.8 Å². The number of nitrogens with zero attached hydrogens (tertiary/aromatic N) is 3. The molecular weight excluding hydrogens is 398 g/mol. The lowest BCUT2D eigenvalue weighted by atomic mass is 10.2. The van der Waals surface area contributed by atoms with E-state index in [4.69, 9.17) is 9.72 Å². The minimum atomic E-state index is -0.182. The molecule has 0 N–H and O–H groups in total. The van der Waals surface area contributed by atoms with Crippen LogP contribution in [-0.2, 0) is 4.79 Å². The molecule has 6 nitrogen and oxygen atoms in total. The Morgan fingerprint density at radius 2 is 2.00 bits per heavy atom. The highest BCUT2D eigenvalue weighted by atomic mass is 32.2. The number of unbranched alkanes of at least 4 members (excludes halogenated alkanes) is 1. The van der Waals surface area contributed by atoms with E-state index in [9.17, 15) is 9.59 Å². The van der Waals surface area contributed by atoms with Crippen LogP contribution in [-0.4, -0.2) is 46.8 Å². The van der Waals surface area contributed by atoms with E-state index in [0.29, 0.717) is 27.5 Å². The van der Waals surface area contributed by atoms with Crippen LogP contribution in [0.4, 0.5) is 0 Å². The first-order chi connectivity index (χ1) is 14.5. The molecule has 0 spiro atoms. The van der Waals surface area contributed by atoms with Gasteiger partial charge in [0.05, 0.1) is 29.5 Å². The highest BCUT2D eigenvalue weighted by Crippen LogP contribution is 2.28. The Balaban J connectivity index is 2.07.